The first-order chi connectivity index (χ1) is 12.3. The predicted molar refractivity (Wildman–Crippen MR) is 122 cm³/mol. The van der Waals surface area contributed by atoms with Crippen LogP contribution in [0.15, 0.2) is 71.7 Å². The number of hydrogen-bond donors (Lipinski definition) is 2. The summed E-state index contributed by atoms with van der Waals surface area (Å²) in [5, 5.41) is 6.74. The fourth-order valence-corrected chi connectivity index (χ4v) is 2.89. The van der Waals surface area contributed by atoms with Crippen LogP contribution in [0.3, 0.4) is 0 Å². The van der Waals surface area contributed by atoms with Crippen LogP contribution in [0.2, 0.25) is 0 Å². The molecule has 2 aromatic rings. The van der Waals surface area contributed by atoms with Crippen molar-refractivity contribution in [3.05, 3.63) is 77.9 Å². The Morgan fingerprint density at radius 1 is 0.923 bits per heavy atom. The lowest BCUT2D eigenvalue weighted by atomic mass is 10.1. The van der Waals surface area contributed by atoms with Gasteiger partial charge in [0, 0.05) is 38.9 Å². The molecule has 2 aromatic carbocycles. The third-order valence-corrected chi connectivity index (χ3v) is 4.35. The SMILES string of the molecule is CN=C(NCCc1ccccc1)NCc1ccc(N2CC=CC2)cc1.I. The molecule has 26 heavy (non-hydrogen) atoms. The van der Waals surface area contributed by atoms with Gasteiger partial charge in [-0.2, -0.15) is 0 Å². The number of aliphatic imine (C=N–C) groups is 1. The van der Waals surface area contributed by atoms with Crippen LogP contribution >= 0.6 is 24.0 Å². The van der Waals surface area contributed by atoms with Crippen molar-refractivity contribution >= 4 is 35.6 Å². The molecule has 0 atom stereocenters. The van der Waals surface area contributed by atoms with E-state index >= 15 is 0 Å². The lowest BCUT2D eigenvalue weighted by molar-refractivity contribution is 0.794. The van der Waals surface area contributed by atoms with Gasteiger partial charge >= 0.3 is 0 Å². The van der Waals surface area contributed by atoms with Gasteiger partial charge in [0.2, 0.25) is 0 Å². The molecule has 0 saturated carbocycles. The summed E-state index contributed by atoms with van der Waals surface area (Å²) in [5.74, 6) is 0.837. The molecule has 3 rings (SSSR count). The van der Waals surface area contributed by atoms with Crippen LogP contribution in [0, 0.1) is 0 Å². The van der Waals surface area contributed by atoms with Gasteiger partial charge in [0.15, 0.2) is 5.96 Å². The van der Waals surface area contributed by atoms with Gasteiger partial charge in [-0.1, -0.05) is 54.6 Å². The summed E-state index contributed by atoms with van der Waals surface area (Å²) in [6.07, 6.45) is 5.40. The number of nitrogens with zero attached hydrogens (tertiary/aromatic N) is 2. The topological polar surface area (TPSA) is 39.7 Å². The van der Waals surface area contributed by atoms with Gasteiger partial charge in [-0.15, -0.1) is 24.0 Å². The van der Waals surface area contributed by atoms with Gasteiger partial charge in [0.1, 0.15) is 0 Å². The Morgan fingerprint density at radius 3 is 2.27 bits per heavy atom. The highest BCUT2D eigenvalue weighted by molar-refractivity contribution is 14.0. The molecule has 0 aliphatic carbocycles. The van der Waals surface area contributed by atoms with Gasteiger partial charge in [-0.05, 0) is 29.7 Å². The summed E-state index contributed by atoms with van der Waals surface area (Å²) >= 11 is 0. The minimum Gasteiger partial charge on any atom is -0.364 e. The van der Waals surface area contributed by atoms with Crippen LogP contribution in [0.5, 0.6) is 0 Å². The number of hydrogen-bond acceptors (Lipinski definition) is 2. The first-order valence-electron chi connectivity index (χ1n) is 8.82. The average molecular weight is 462 g/mol. The van der Waals surface area contributed by atoms with Crippen LogP contribution in [0.1, 0.15) is 11.1 Å². The van der Waals surface area contributed by atoms with Crippen molar-refractivity contribution in [2.24, 2.45) is 4.99 Å². The van der Waals surface area contributed by atoms with Crippen molar-refractivity contribution in [3.8, 4) is 0 Å². The van der Waals surface area contributed by atoms with E-state index in [1.54, 1.807) is 7.05 Å². The zero-order valence-electron chi connectivity index (χ0n) is 15.2. The summed E-state index contributed by atoms with van der Waals surface area (Å²) < 4.78 is 0. The summed E-state index contributed by atoms with van der Waals surface area (Å²) in [7, 11) is 1.81. The molecule has 1 heterocycles. The van der Waals surface area contributed by atoms with Gasteiger partial charge in [-0.25, -0.2) is 0 Å². The van der Waals surface area contributed by atoms with Crippen LogP contribution < -0.4 is 15.5 Å². The highest BCUT2D eigenvalue weighted by atomic mass is 127. The first-order valence-corrected chi connectivity index (χ1v) is 8.82. The Balaban J connectivity index is 0.00000243. The van der Waals surface area contributed by atoms with Gasteiger partial charge in [0.25, 0.3) is 0 Å². The minimum atomic E-state index is 0. The van der Waals surface area contributed by atoms with Crippen LogP contribution in [0.4, 0.5) is 5.69 Å². The van der Waals surface area contributed by atoms with Crippen molar-refractivity contribution < 1.29 is 0 Å². The summed E-state index contributed by atoms with van der Waals surface area (Å²) in [4.78, 5) is 6.64. The highest BCUT2D eigenvalue weighted by Gasteiger charge is 2.07. The fraction of sp³-hybridized carbons (Fsp3) is 0.286. The molecule has 0 spiro atoms. The number of benzene rings is 2. The van der Waals surface area contributed by atoms with Crippen molar-refractivity contribution in [1.82, 2.24) is 10.6 Å². The maximum atomic E-state index is 4.29. The molecule has 1 aliphatic rings. The molecule has 2 N–H and O–H groups in total. The molecule has 0 amide bonds. The van der Waals surface area contributed by atoms with Crippen molar-refractivity contribution in [2.75, 3.05) is 31.6 Å². The number of halogens is 1. The Labute approximate surface area is 173 Å². The normalized spacial score (nSPS) is 13.4. The largest absolute Gasteiger partial charge is 0.364 e. The Morgan fingerprint density at radius 2 is 1.62 bits per heavy atom. The summed E-state index contributed by atoms with van der Waals surface area (Å²) in [6, 6.07) is 19.2. The fourth-order valence-electron chi connectivity index (χ4n) is 2.89. The number of guanidine groups is 1. The smallest absolute Gasteiger partial charge is 0.191 e. The van der Waals surface area contributed by atoms with E-state index in [1.165, 1.54) is 16.8 Å². The number of anilines is 1. The van der Waals surface area contributed by atoms with Crippen molar-refractivity contribution in [1.29, 1.82) is 0 Å². The monoisotopic (exact) mass is 462 g/mol. The molecule has 0 bridgehead atoms. The van der Waals surface area contributed by atoms with Crippen LogP contribution in [0.25, 0.3) is 0 Å². The Bertz CT molecular complexity index is 703. The molecule has 0 saturated heterocycles. The standard InChI is InChI=1S/C21H26N4.HI/c1-22-21(23-14-13-18-7-3-2-4-8-18)24-17-19-9-11-20(12-10-19)25-15-5-6-16-25;/h2-12H,13-17H2,1H3,(H2,22,23,24);1H. The molecule has 0 fully saturated rings. The third kappa shape index (κ3) is 6.05. The van der Waals surface area contributed by atoms with E-state index < -0.39 is 0 Å². The first kappa shape index (κ1) is 20.3. The second-order valence-corrected chi connectivity index (χ2v) is 6.13. The molecule has 5 heteroatoms. The van der Waals surface area contributed by atoms with E-state index in [9.17, 15) is 0 Å². The molecular weight excluding hydrogens is 435 g/mol. The van der Waals surface area contributed by atoms with E-state index in [0.29, 0.717) is 0 Å². The Kier molecular flexibility index (Phi) is 8.47. The molecule has 4 nitrogen and oxygen atoms in total. The maximum Gasteiger partial charge on any atom is 0.191 e. The molecule has 1 aliphatic heterocycles. The third-order valence-electron chi connectivity index (χ3n) is 4.35. The van der Waals surface area contributed by atoms with Gasteiger partial charge in [-0.3, -0.25) is 4.99 Å². The summed E-state index contributed by atoms with van der Waals surface area (Å²) in [6.45, 7) is 3.65. The van der Waals surface area contributed by atoms with E-state index in [-0.39, 0.29) is 24.0 Å². The Hall–Kier alpha value is -2.02. The van der Waals surface area contributed by atoms with E-state index in [1.807, 2.05) is 6.07 Å². The van der Waals surface area contributed by atoms with E-state index in [0.717, 1.165) is 38.6 Å². The summed E-state index contributed by atoms with van der Waals surface area (Å²) in [5.41, 5.74) is 3.86. The second kappa shape index (κ2) is 10.9. The van der Waals surface area contributed by atoms with Crippen LogP contribution in [-0.4, -0.2) is 32.6 Å². The molecule has 138 valence electrons. The molecule has 0 radical (unpaired) electrons. The van der Waals surface area contributed by atoms with E-state index in [4.69, 9.17) is 0 Å². The lowest BCUT2D eigenvalue weighted by Gasteiger charge is -2.18. The van der Waals surface area contributed by atoms with Crippen molar-refractivity contribution in [3.63, 3.8) is 0 Å². The van der Waals surface area contributed by atoms with E-state index in [2.05, 4.69) is 81.2 Å². The zero-order chi connectivity index (χ0) is 17.3. The second-order valence-electron chi connectivity index (χ2n) is 6.13. The number of nitrogens with one attached hydrogen (secondary N) is 2. The number of rotatable bonds is 6. The quantitative estimate of drug-likeness (QED) is 0.299. The van der Waals surface area contributed by atoms with Crippen molar-refractivity contribution in [2.45, 2.75) is 13.0 Å². The average Bonchev–Trinajstić information content (AvgIpc) is 3.20. The molecule has 0 aromatic heterocycles. The maximum absolute atomic E-state index is 4.29. The molecular formula is C21H27IN4. The van der Waals surface area contributed by atoms with Crippen LogP contribution in [-0.2, 0) is 13.0 Å². The lowest BCUT2D eigenvalue weighted by Crippen LogP contribution is -2.37. The minimum absolute atomic E-state index is 0. The van der Waals surface area contributed by atoms with Gasteiger partial charge in [0.05, 0.1) is 0 Å². The molecule has 0 unspecified atom stereocenters. The highest BCUT2D eigenvalue weighted by Crippen LogP contribution is 2.17. The van der Waals surface area contributed by atoms with Gasteiger partial charge < -0.3 is 15.5 Å². The zero-order valence-corrected chi connectivity index (χ0v) is 17.5. The predicted octanol–water partition coefficient (Wildman–Crippen LogP) is 3.59.